The van der Waals surface area contributed by atoms with Crippen molar-refractivity contribution < 1.29 is 17.9 Å². The molecular weight excluding hydrogens is 281 g/mol. The second kappa shape index (κ2) is 7.13. The van der Waals surface area contributed by atoms with Crippen LogP contribution in [0.4, 0.5) is 13.2 Å². The molecule has 0 saturated heterocycles. The molecule has 2 rings (SSSR count). The molecule has 21 heavy (non-hydrogen) atoms. The van der Waals surface area contributed by atoms with Crippen LogP contribution in [0.15, 0.2) is 24.3 Å². The van der Waals surface area contributed by atoms with E-state index in [0.29, 0.717) is 5.92 Å². The van der Waals surface area contributed by atoms with Gasteiger partial charge in [-0.05, 0) is 30.0 Å². The second-order valence-electron chi connectivity index (χ2n) is 5.58. The van der Waals surface area contributed by atoms with Crippen molar-refractivity contribution in [1.82, 2.24) is 5.43 Å². The van der Waals surface area contributed by atoms with Crippen molar-refractivity contribution in [3.05, 3.63) is 29.8 Å². The fraction of sp³-hybridized carbons (Fsp3) is 0.600. The molecule has 0 heterocycles. The summed E-state index contributed by atoms with van der Waals surface area (Å²) in [5.41, 5.74) is 3.66. The number of halogens is 3. The molecule has 3 N–H and O–H groups in total. The number of nitrogens with one attached hydrogen (secondary N) is 1. The lowest BCUT2D eigenvalue weighted by Crippen LogP contribution is -2.30. The summed E-state index contributed by atoms with van der Waals surface area (Å²) < 4.78 is 40.2. The zero-order valence-electron chi connectivity index (χ0n) is 11.8. The van der Waals surface area contributed by atoms with E-state index in [1.54, 1.807) is 12.1 Å². The molecule has 0 amide bonds. The molecule has 1 unspecified atom stereocenters. The lowest BCUT2D eigenvalue weighted by Gasteiger charge is -2.26. The van der Waals surface area contributed by atoms with E-state index in [4.69, 9.17) is 5.84 Å². The van der Waals surface area contributed by atoms with E-state index in [-0.39, 0.29) is 11.8 Å². The maximum atomic E-state index is 12.1. The van der Waals surface area contributed by atoms with E-state index in [9.17, 15) is 13.2 Å². The van der Waals surface area contributed by atoms with Crippen LogP contribution >= 0.6 is 0 Å². The Labute approximate surface area is 122 Å². The quantitative estimate of drug-likeness (QED) is 0.637. The van der Waals surface area contributed by atoms with Crippen molar-refractivity contribution in [2.45, 2.75) is 50.9 Å². The molecule has 118 valence electrons. The number of hydrazine groups is 1. The SMILES string of the molecule is NNC(CC1CCCCC1)c1ccc(OC(F)(F)F)cc1. The number of hydrogen-bond acceptors (Lipinski definition) is 3. The summed E-state index contributed by atoms with van der Waals surface area (Å²) >= 11 is 0. The summed E-state index contributed by atoms with van der Waals surface area (Å²) in [4.78, 5) is 0. The zero-order chi connectivity index (χ0) is 15.3. The van der Waals surface area contributed by atoms with Gasteiger partial charge in [0.15, 0.2) is 0 Å². The molecular formula is C15H21F3N2O. The van der Waals surface area contributed by atoms with E-state index >= 15 is 0 Å². The van der Waals surface area contributed by atoms with Gasteiger partial charge in [-0.3, -0.25) is 11.3 Å². The van der Waals surface area contributed by atoms with Crippen molar-refractivity contribution in [2.24, 2.45) is 11.8 Å². The van der Waals surface area contributed by atoms with E-state index in [0.717, 1.165) is 12.0 Å². The molecule has 1 atom stereocenters. The third kappa shape index (κ3) is 5.21. The summed E-state index contributed by atoms with van der Waals surface area (Å²) in [6.45, 7) is 0. The van der Waals surface area contributed by atoms with Crippen LogP contribution in [0.5, 0.6) is 5.75 Å². The first-order valence-electron chi connectivity index (χ1n) is 7.30. The van der Waals surface area contributed by atoms with Crippen LogP contribution in [-0.2, 0) is 0 Å². The maximum Gasteiger partial charge on any atom is 0.573 e. The standard InChI is InChI=1S/C15H21F3N2O/c16-15(17,18)21-13-8-6-12(7-9-13)14(20-19)10-11-4-2-1-3-5-11/h6-9,11,14,20H,1-5,10,19H2. The molecule has 0 aromatic heterocycles. The fourth-order valence-electron chi connectivity index (χ4n) is 2.96. The van der Waals surface area contributed by atoms with Gasteiger partial charge in [-0.15, -0.1) is 13.2 Å². The molecule has 1 saturated carbocycles. The Morgan fingerprint density at radius 2 is 1.76 bits per heavy atom. The number of rotatable bonds is 5. The minimum Gasteiger partial charge on any atom is -0.406 e. The smallest absolute Gasteiger partial charge is 0.406 e. The molecule has 0 aliphatic heterocycles. The van der Waals surface area contributed by atoms with Crippen molar-refractivity contribution in [3.63, 3.8) is 0 Å². The Balaban J connectivity index is 1.97. The van der Waals surface area contributed by atoms with Crippen LogP contribution in [0.25, 0.3) is 0 Å². The molecule has 1 fully saturated rings. The first-order valence-corrected chi connectivity index (χ1v) is 7.30. The van der Waals surface area contributed by atoms with Gasteiger partial charge in [0.05, 0.1) is 0 Å². The van der Waals surface area contributed by atoms with Crippen LogP contribution in [0, 0.1) is 5.92 Å². The van der Waals surface area contributed by atoms with E-state index in [1.165, 1.54) is 44.2 Å². The Morgan fingerprint density at radius 1 is 1.14 bits per heavy atom. The fourth-order valence-corrected chi connectivity index (χ4v) is 2.96. The van der Waals surface area contributed by atoms with Gasteiger partial charge in [0.2, 0.25) is 0 Å². The van der Waals surface area contributed by atoms with Gasteiger partial charge in [0.1, 0.15) is 5.75 Å². The maximum absolute atomic E-state index is 12.1. The van der Waals surface area contributed by atoms with Crippen LogP contribution in [0.1, 0.15) is 50.1 Å². The predicted octanol–water partition coefficient (Wildman–Crippen LogP) is 4.06. The van der Waals surface area contributed by atoms with Crippen molar-refractivity contribution >= 4 is 0 Å². The Hall–Kier alpha value is -1.27. The van der Waals surface area contributed by atoms with Gasteiger partial charge in [-0.1, -0.05) is 44.2 Å². The summed E-state index contributed by atoms with van der Waals surface area (Å²) in [5, 5.41) is 0. The van der Waals surface area contributed by atoms with Crippen molar-refractivity contribution in [2.75, 3.05) is 0 Å². The summed E-state index contributed by atoms with van der Waals surface area (Å²) in [6, 6.07) is 5.89. The largest absolute Gasteiger partial charge is 0.573 e. The van der Waals surface area contributed by atoms with E-state index in [1.807, 2.05) is 0 Å². The molecule has 3 nitrogen and oxygen atoms in total. The lowest BCUT2D eigenvalue weighted by molar-refractivity contribution is -0.274. The van der Waals surface area contributed by atoms with Crippen LogP contribution in [-0.4, -0.2) is 6.36 Å². The first kappa shape index (κ1) is 16.1. The Morgan fingerprint density at radius 3 is 2.29 bits per heavy atom. The third-order valence-electron chi connectivity index (χ3n) is 4.01. The van der Waals surface area contributed by atoms with Crippen LogP contribution < -0.4 is 16.0 Å². The summed E-state index contributed by atoms with van der Waals surface area (Å²) in [6.07, 6.45) is 2.45. The normalized spacial score (nSPS) is 18.5. The van der Waals surface area contributed by atoms with Gasteiger partial charge < -0.3 is 4.74 Å². The molecule has 1 aliphatic rings. The van der Waals surface area contributed by atoms with Crippen LogP contribution in [0.2, 0.25) is 0 Å². The zero-order valence-corrected chi connectivity index (χ0v) is 11.8. The molecule has 1 aromatic carbocycles. The van der Waals surface area contributed by atoms with Gasteiger partial charge in [-0.2, -0.15) is 0 Å². The van der Waals surface area contributed by atoms with Gasteiger partial charge in [0, 0.05) is 6.04 Å². The lowest BCUT2D eigenvalue weighted by atomic mass is 9.83. The molecule has 1 aliphatic carbocycles. The topological polar surface area (TPSA) is 47.3 Å². The van der Waals surface area contributed by atoms with Crippen molar-refractivity contribution in [1.29, 1.82) is 0 Å². The van der Waals surface area contributed by atoms with Gasteiger partial charge >= 0.3 is 6.36 Å². The molecule has 0 spiro atoms. The summed E-state index contributed by atoms with van der Waals surface area (Å²) in [5.74, 6) is 6.02. The number of nitrogens with two attached hydrogens (primary N) is 1. The highest BCUT2D eigenvalue weighted by Gasteiger charge is 2.31. The van der Waals surface area contributed by atoms with Crippen LogP contribution in [0.3, 0.4) is 0 Å². The first-order chi connectivity index (χ1) is 9.98. The highest BCUT2D eigenvalue weighted by molar-refractivity contribution is 5.29. The number of hydrogen-bond donors (Lipinski definition) is 2. The highest BCUT2D eigenvalue weighted by atomic mass is 19.4. The minimum atomic E-state index is -4.66. The number of benzene rings is 1. The summed E-state index contributed by atoms with van der Waals surface area (Å²) in [7, 11) is 0. The number of alkyl halides is 3. The van der Waals surface area contributed by atoms with E-state index < -0.39 is 6.36 Å². The average molecular weight is 302 g/mol. The molecule has 6 heteroatoms. The molecule has 1 aromatic rings. The molecule has 0 radical (unpaired) electrons. The monoisotopic (exact) mass is 302 g/mol. The average Bonchev–Trinajstić information content (AvgIpc) is 2.45. The van der Waals surface area contributed by atoms with Crippen molar-refractivity contribution in [3.8, 4) is 5.75 Å². The van der Waals surface area contributed by atoms with E-state index in [2.05, 4.69) is 10.2 Å². The second-order valence-corrected chi connectivity index (χ2v) is 5.58. The highest BCUT2D eigenvalue weighted by Crippen LogP contribution is 2.32. The minimum absolute atomic E-state index is 0.0342. The third-order valence-corrected chi connectivity index (χ3v) is 4.01. The predicted molar refractivity (Wildman–Crippen MR) is 74.4 cm³/mol. The molecule has 0 bridgehead atoms. The Bertz CT molecular complexity index is 428. The van der Waals surface area contributed by atoms with Gasteiger partial charge in [0.25, 0.3) is 0 Å². The Kier molecular flexibility index (Phi) is 5.47. The number of ether oxygens (including phenoxy) is 1. The van der Waals surface area contributed by atoms with Gasteiger partial charge in [-0.25, -0.2) is 0 Å².